The molecule has 2 aromatic heterocycles. The number of thiophene rings is 1. The molecule has 1 aromatic carbocycles. The summed E-state index contributed by atoms with van der Waals surface area (Å²) in [6.07, 6.45) is 18.0. The predicted octanol–water partition coefficient (Wildman–Crippen LogP) is 7.99. The SMILES string of the molecule is COc1ccc(CCCCCCCCCCCCc2cccs2)c2cccnc12. The molecular weight excluding hydrogens is 374 g/mol. The molecule has 0 unspecified atom stereocenters. The Kier molecular flexibility index (Phi) is 9.52. The molecule has 0 radical (unpaired) electrons. The van der Waals surface area contributed by atoms with Gasteiger partial charge >= 0.3 is 0 Å². The molecule has 0 aliphatic carbocycles. The fourth-order valence-corrected chi connectivity index (χ4v) is 4.82. The summed E-state index contributed by atoms with van der Waals surface area (Å²) in [7, 11) is 1.72. The van der Waals surface area contributed by atoms with E-state index in [9.17, 15) is 0 Å². The summed E-state index contributed by atoms with van der Waals surface area (Å²) < 4.78 is 5.45. The van der Waals surface area contributed by atoms with Crippen LogP contribution in [0, 0.1) is 0 Å². The molecule has 0 bridgehead atoms. The lowest BCUT2D eigenvalue weighted by molar-refractivity contribution is 0.418. The molecule has 0 amide bonds. The van der Waals surface area contributed by atoms with E-state index in [2.05, 4.69) is 40.7 Å². The number of benzene rings is 1. The van der Waals surface area contributed by atoms with Gasteiger partial charge in [-0.2, -0.15) is 0 Å². The number of unbranched alkanes of at least 4 members (excludes halogenated alkanes) is 9. The highest BCUT2D eigenvalue weighted by atomic mass is 32.1. The van der Waals surface area contributed by atoms with E-state index < -0.39 is 0 Å². The fourth-order valence-electron chi connectivity index (χ4n) is 4.07. The maximum absolute atomic E-state index is 5.45. The molecule has 3 rings (SSSR count). The minimum absolute atomic E-state index is 0.871. The van der Waals surface area contributed by atoms with Crippen LogP contribution in [-0.4, -0.2) is 12.1 Å². The number of ether oxygens (including phenoxy) is 1. The lowest BCUT2D eigenvalue weighted by Gasteiger charge is -2.09. The van der Waals surface area contributed by atoms with Crippen LogP contribution in [-0.2, 0) is 12.8 Å². The molecule has 156 valence electrons. The van der Waals surface area contributed by atoms with E-state index in [0.29, 0.717) is 0 Å². The lowest BCUT2D eigenvalue weighted by atomic mass is 10.0. The van der Waals surface area contributed by atoms with E-state index >= 15 is 0 Å². The second-order valence-electron chi connectivity index (χ2n) is 7.94. The highest BCUT2D eigenvalue weighted by molar-refractivity contribution is 7.09. The van der Waals surface area contributed by atoms with Gasteiger partial charge in [-0.15, -0.1) is 11.3 Å². The summed E-state index contributed by atoms with van der Waals surface area (Å²) in [4.78, 5) is 6.05. The average molecular weight is 410 g/mol. The van der Waals surface area contributed by atoms with Crippen molar-refractivity contribution in [3.63, 3.8) is 0 Å². The largest absolute Gasteiger partial charge is 0.494 e. The Morgan fingerprint density at radius 3 is 2.10 bits per heavy atom. The zero-order chi connectivity index (χ0) is 20.2. The second kappa shape index (κ2) is 12.6. The molecule has 0 N–H and O–H groups in total. The van der Waals surface area contributed by atoms with E-state index in [0.717, 1.165) is 17.7 Å². The Morgan fingerprint density at radius 2 is 1.45 bits per heavy atom. The van der Waals surface area contributed by atoms with Gasteiger partial charge in [0.05, 0.1) is 7.11 Å². The molecule has 0 spiro atoms. The van der Waals surface area contributed by atoms with Crippen molar-refractivity contribution >= 4 is 22.2 Å². The number of hydrogen-bond acceptors (Lipinski definition) is 3. The Morgan fingerprint density at radius 1 is 0.759 bits per heavy atom. The molecule has 0 saturated heterocycles. The van der Waals surface area contributed by atoms with Gasteiger partial charge < -0.3 is 4.74 Å². The molecule has 0 fully saturated rings. The highest BCUT2D eigenvalue weighted by Crippen LogP contribution is 2.27. The molecule has 0 aliphatic heterocycles. The number of hydrogen-bond donors (Lipinski definition) is 0. The maximum atomic E-state index is 5.45. The number of fused-ring (bicyclic) bond motifs is 1. The molecule has 29 heavy (non-hydrogen) atoms. The van der Waals surface area contributed by atoms with Crippen molar-refractivity contribution in [3.8, 4) is 5.75 Å². The smallest absolute Gasteiger partial charge is 0.145 e. The van der Waals surface area contributed by atoms with Crippen LogP contribution in [0.2, 0.25) is 0 Å². The Bertz CT molecular complexity index is 828. The van der Waals surface area contributed by atoms with Crippen LogP contribution in [0.3, 0.4) is 0 Å². The van der Waals surface area contributed by atoms with E-state index in [4.69, 9.17) is 4.74 Å². The summed E-state index contributed by atoms with van der Waals surface area (Å²) in [5, 5.41) is 3.43. The number of nitrogens with zero attached hydrogens (tertiary/aromatic N) is 1. The van der Waals surface area contributed by atoms with Crippen LogP contribution in [0.1, 0.15) is 74.6 Å². The van der Waals surface area contributed by atoms with E-state index in [1.807, 2.05) is 23.6 Å². The van der Waals surface area contributed by atoms with E-state index in [-0.39, 0.29) is 0 Å². The van der Waals surface area contributed by atoms with Crippen molar-refractivity contribution in [2.45, 2.75) is 77.0 Å². The highest BCUT2D eigenvalue weighted by Gasteiger charge is 2.07. The number of rotatable bonds is 14. The van der Waals surface area contributed by atoms with Crippen LogP contribution in [0.25, 0.3) is 10.9 Å². The van der Waals surface area contributed by atoms with Crippen molar-refractivity contribution in [1.82, 2.24) is 4.98 Å². The predicted molar refractivity (Wildman–Crippen MR) is 126 cm³/mol. The van der Waals surface area contributed by atoms with Gasteiger partial charge in [-0.3, -0.25) is 4.98 Å². The molecule has 3 heteroatoms. The first kappa shape index (κ1) is 21.8. The van der Waals surface area contributed by atoms with Crippen molar-refractivity contribution < 1.29 is 4.74 Å². The Labute approximate surface area is 180 Å². The van der Waals surface area contributed by atoms with Gasteiger partial charge in [-0.25, -0.2) is 0 Å². The van der Waals surface area contributed by atoms with Crippen molar-refractivity contribution in [2.75, 3.05) is 7.11 Å². The van der Waals surface area contributed by atoms with E-state index in [1.165, 1.54) is 81.6 Å². The van der Waals surface area contributed by atoms with Gasteiger partial charge in [0.1, 0.15) is 11.3 Å². The van der Waals surface area contributed by atoms with Crippen LogP contribution < -0.4 is 4.74 Å². The number of methoxy groups -OCH3 is 1. The van der Waals surface area contributed by atoms with Crippen LogP contribution >= 0.6 is 11.3 Å². The van der Waals surface area contributed by atoms with Crippen LogP contribution in [0.15, 0.2) is 48.0 Å². The molecule has 0 saturated carbocycles. The zero-order valence-electron chi connectivity index (χ0n) is 17.9. The first-order valence-electron chi connectivity index (χ1n) is 11.3. The Balaban J connectivity index is 1.21. The van der Waals surface area contributed by atoms with Gasteiger partial charge in [-0.05, 0) is 54.8 Å². The summed E-state index contributed by atoms with van der Waals surface area (Å²) in [6, 6.07) is 12.9. The monoisotopic (exact) mass is 409 g/mol. The number of aryl methyl sites for hydroxylation is 2. The van der Waals surface area contributed by atoms with Crippen LogP contribution in [0.5, 0.6) is 5.75 Å². The molecule has 0 atom stereocenters. The fraction of sp³-hybridized carbons (Fsp3) is 0.500. The van der Waals surface area contributed by atoms with E-state index in [1.54, 1.807) is 12.0 Å². The first-order chi connectivity index (χ1) is 14.4. The maximum Gasteiger partial charge on any atom is 0.145 e. The molecular formula is C26H35NOS. The minimum atomic E-state index is 0.871. The standard InChI is InChI=1S/C26H35NOS/c1-28-25-19-18-22(24-17-12-20-27-26(24)25)14-10-8-6-4-2-3-5-7-9-11-15-23-16-13-21-29-23/h12-13,16-21H,2-11,14-15H2,1H3. The normalized spacial score (nSPS) is 11.2. The van der Waals surface area contributed by atoms with Crippen molar-refractivity contribution in [2.24, 2.45) is 0 Å². The summed E-state index contributed by atoms with van der Waals surface area (Å²) in [6.45, 7) is 0. The lowest BCUT2D eigenvalue weighted by Crippen LogP contribution is -1.93. The van der Waals surface area contributed by atoms with Crippen molar-refractivity contribution in [1.29, 1.82) is 0 Å². The molecule has 0 aliphatic rings. The molecule has 2 heterocycles. The van der Waals surface area contributed by atoms with Gasteiger partial charge in [0.15, 0.2) is 0 Å². The number of aromatic nitrogens is 1. The van der Waals surface area contributed by atoms with Gasteiger partial charge in [-0.1, -0.05) is 69.6 Å². The summed E-state index contributed by atoms with van der Waals surface area (Å²) in [5.74, 6) is 0.871. The van der Waals surface area contributed by atoms with Gasteiger partial charge in [0, 0.05) is 16.5 Å². The zero-order valence-corrected chi connectivity index (χ0v) is 18.7. The van der Waals surface area contributed by atoms with Gasteiger partial charge in [0.25, 0.3) is 0 Å². The van der Waals surface area contributed by atoms with Crippen LogP contribution in [0.4, 0.5) is 0 Å². The first-order valence-corrected chi connectivity index (χ1v) is 12.2. The van der Waals surface area contributed by atoms with Gasteiger partial charge in [0.2, 0.25) is 0 Å². The summed E-state index contributed by atoms with van der Waals surface area (Å²) >= 11 is 1.90. The third-order valence-electron chi connectivity index (χ3n) is 5.74. The molecule has 3 aromatic rings. The quantitative estimate of drug-likeness (QED) is 0.252. The topological polar surface area (TPSA) is 22.1 Å². The Hall–Kier alpha value is -1.87. The number of pyridine rings is 1. The second-order valence-corrected chi connectivity index (χ2v) is 8.97. The third kappa shape index (κ3) is 7.15. The summed E-state index contributed by atoms with van der Waals surface area (Å²) in [5.41, 5.74) is 2.39. The third-order valence-corrected chi connectivity index (χ3v) is 6.68. The average Bonchev–Trinajstić information content (AvgIpc) is 3.28. The molecule has 2 nitrogen and oxygen atoms in total. The minimum Gasteiger partial charge on any atom is -0.494 e. The van der Waals surface area contributed by atoms with Crippen molar-refractivity contribution in [3.05, 3.63) is 58.4 Å².